The summed E-state index contributed by atoms with van der Waals surface area (Å²) in [6, 6.07) is 11.3. The van der Waals surface area contributed by atoms with Crippen LogP contribution in [-0.2, 0) is 11.2 Å². The summed E-state index contributed by atoms with van der Waals surface area (Å²) in [6.45, 7) is 7.58. The Morgan fingerprint density at radius 3 is 2.57 bits per heavy atom. The lowest BCUT2D eigenvalue weighted by Gasteiger charge is -2.20. The Morgan fingerprint density at radius 2 is 1.86 bits per heavy atom. The van der Waals surface area contributed by atoms with Crippen LogP contribution in [0.15, 0.2) is 42.5 Å². The predicted molar refractivity (Wildman–Crippen MR) is 109 cm³/mol. The molecule has 146 valence electrons. The number of aromatic amines is 1. The molecule has 2 aromatic carbocycles. The van der Waals surface area contributed by atoms with E-state index in [9.17, 15) is 14.0 Å². The number of hydrogen-bond acceptors (Lipinski definition) is 2. The number of H-pyrrole nitrogens is 1. The standard InChI is InChI=1S/C22H24FN3O2/c1-13-17(18-11-15(23)8-9-19(18)24-13)12-20(27)25-16-7-5-6-14(10-16)21(28)26-22(2,3)4/h5-11,24H,12H2,1-4H3,(H,25,27)(H,26,28). The van der Waals surface area contributed by atoms with E-state index in [2.05, 4.69) is 15.6 Å². The molecule has 0 bridgehead atoms. The molecule has 0 atom stereocenters. The van der Waals surface area contributed by atoms with Crippen LogP contribution in [0.4, 0.5) is 10.1 Å². The van der Waals surface area contributed by atoms with Crippen molar-refractivity contribution in [1.29, 1.82) is 0 Å². The first-order valence-electron chi connectivity index (χ1n) is 9.11. The minimum absolute atomic E-state index is 0.105. The van der Waals surface area contributed by atoms with Crippen molar-refractivity contribution >= 4 is 28.4 Å². The van der Waals surface area contributed by atoms with Gasteiger partial charge in [-0.05, 0) is 69.7 Å². The fourth-order valence-corrected chi connectivity index (χ4v) is 3.10. The number of rotatable bonds is 4. The van der Waals surface area contributed by atoms with E-state index >= 15 is 0 Å². The van der Waals surface area contributed by atoms with E-state index in [1.165, 1.54) is 12.1 Å². The molecule has 0 fully saturated rings. The number of hydrogen-bond donors (Lipinski definition) is 3. The molecule has 3 rings (SSSR count). The van der Waals surface area contributed by atoms with Crippen molar-refractivity contribution in [3.8, 4) is 0 Å². The first-order valence-corrected chi connectivity index (χ1v) is 9.11. The van der Waals surface area contributed by atoms with Crippen LogP contribution in [0.2, 0.25) is 0 Å². The molecule has 0 aliphatic carbocycles. The first kappa shape index (κ1) is 19.6. The molecular formula is C22H24FN3O2. The van der Waals surface area contributed by atoms with Crippen LogP contribution in [0, 0.1) is 12.7 Å². The van der Waals surface area contributed by atoms with Crippen molar-refractivity contribution in [1.82, 2.24) is 10.3 Å². The fraction of sp³-hybridized carbons (Fsp3) is 0.273. The maximum atomic E-state index is 13.6. The molecule has 0 saturated heterocycles. The number of anilines is 1. The second kappa shape index (κ2) is 7.46. The smallest absolute Gasteiger partial charge is 0.251 e. The van der Waals surface area contributed by atoms with Gasteiger partial charge in [0.25, 0.3) is 5.91 Å². The molecule has 3 aromatic rings. The topological polar surface area (TPSA) is 74.0 Å². The van der Waals surface area contributed by atoms with Crippen molar-refractivity contribution in [2.75, 3.05) is 5.32 Å². The Labute approximate surface area is 163 Å². The summed E-state index contributed by atoms with van der Waals surface area (Å²) in [5.74, 6) is -0.779. The van der Waals surface area contributed by atoms with Crippen molar-refractivity contribution < 1.29 is 14.0 Å². The maximum Gasteiger partial charge on any atom is 0.251 e. The lowest BCUT2D eigenvalue weighted by molar-refractivity contribution is -0.115. The zero-order chi connectivity index (χ0) is 20.5. The van der Waals surface area contributed by atoms with Crippen LogP contribution < -0.4 is 10.6 Å². The average Bonchev–Trinajstić information content (AvgIpc) is 2.89. The number of halogens is 1. The number of nitrogens with one attached hydrogen (secondary N) is 3. The molecule has 0 saturated carbocycles. The van der Waals surface area contributed by atoms with Crippen LogP contribution in [0.5, 0.6) is 0 Å². The lowest BCUT2D eigenvalue weighted by atomic mass is 10.1. The fourth-order valence-electron chi connectivity index (χ4n) is 3.10. The number of carbonyl (C=O) groups excluding carboxylic acids is 2. The van der Waals surface area contributed by atoms with Crippen LogP contribution in [0.1, 0.15) is 42.4 Å². The van der Waals surface area contributed by atoms with E-state index in [4.69, 9.17) is 0 Å². The Kier molecular flexibility index (Phi) is 5.23. The number of amides is 2. The maximum absolute atomic E-state index is 13.6. The van der Waals surface area contributed by atoms with Gasteiger partial charge < -0.3 is 15.6 Å². The highest BCUT2D eigenvalue weighted by molar-refractivity contribution is 5.99. The molecule has 0 spiro atoms. The summed E-state index contributed by atoms with van der Waals surface area (Å²) >= 11 is 0. The Bertz CT molecular complexity index is 1050. The van der Waals surface area contributed by atoms with Crippen molar-refractivity contribution in [2.45, 2.75) is 39.7 Å². The van der Waals surface area contributed by atoms with E-state index in [0.717, 1.165) is 16.8 Å². The average molecular weight is 381 g/mol. The highest BCUT2D eigenvalue weighted by atomic mass is 19.1. The van der Waals surface area contributed by atoms with Crippen LogP contribution in [-0.4, -0.2) is 22.3 Å². The quantitative estimate of drug-likeness (QED) is 0.629. The van der Waals surface area contributed by atoms with Gasteiger partial charge in [0.05, 0.1) is 6.42 Å². The van der Waals surface area contributed by atoms with Gasteiger partial charge in [-0.25, -0.2) is 4.39 Å². The largest absolute Gasteiger partial charge is 0.358 e. The van der Waals surface area contributed by atoms with E-state index in [-0.39, 0.29) is 29.6 Å². The van der Waals surface area contributed by atoms with Crippen LogP contribution in [0.3, 0.4) is 0 Å². The highest BCUT2D eigenvalue weighted by Crippen LogP contribution is 2.24. The summed E-state index contributed by atoms with van der Waals surface area (Å²) in [5, 5.41) is 6.41. The van der Waals surface area contributed by atoms with Gasteiger partial charge in [0.15, 0.2) is 0 Å². The number of fused-ring (bicyclic) bond motifs is 1. The first-order chi connectivity index (χ1) is 13.1. The van der Waals surface area contributed by atoms with E-state index in [1.807, 2.05) is 27.7 Å². The molecule has 0 radical (unpaired) electrons. The van der Waals surface area contributed by atoms with Gasteiger partial charge in [-0.3, -0.25) is 9.59 Å². The summed E-state index contributed by atoms with van der Waals surface area (Å²) in [4.78, 5) is 28.0. The van der Waals surface area contributed by atoms with Gasteiger partial charge in [-0.2, -0.15) is 0 Å². The van der Waals surface area contributed by atoms with Crippen molar-refractivity contribution in [2.24, 2.45) is 0 Å². The van der Waals surface area contributed by atoms with Gasteiger partial charge in [0.2, 0.25) is 5.91 Å². The minimum atomic E-state index is -0.349. The SMILES string of the molecule is Cc1[nH]c2ccc(F)cc2c1CC(=O)Nc1cccc(C(=O)NC(C)(C)C)c1. The minimum Gasteiger partial charge on any atom is -0.358 e. The predicted octanol–water partition coefficient (Wildman–Crippen LogP) is 4.32. The zero-order valence-corrected chi connectivity index (χ0v) is 16.4. The summed E-state index contributed by atoms with van der Waals surface area (Å²) in [6.07, 6.45) is 0.105. The number of aromatic nitrogens is 1. The van der Waals surface area contributed by atoms with E-state index in [0.29, 0.717) is 16.6 Å². The van der Waals surface area contributed by atoms with Gasteiger partial charge in [0.1, 0.15) is 5.82 Å². The highest BCUT2D eigenvalue weighted by Gasteiger charge is 2.17. The summed E-state index contributed by atoms with van der Waals surface area (Å²) in [7, 11) is 0. The van der Waals surface area contributed by atoms with Crippen LogP contribution >= 0.6 is 0 Å². The molecule has 2 amide bonds. The third kappa shape index (κ3) is 4.57. The summed E-state index contributed by atoms with van der Waals surface area (Å²) in [5.41, 5.74) is 3.04. The van der Waals surface area contributed by atoms with Gasteiger partial charge in [-0.1, -0.05) is 6.07 Å². The number of benzene rings is 2. The third-order valence-electron chi connectivity index (χ3n) is 4.32. The third-order valence-corrected chi connectivity index (χ3v) is 4.32. The lowest BCUT2D eigenvalue weighted by Crippen LogP contribution is -2.40. The Morgan fingerprint density at radius 1 is 1.11 bits per heavy atom. The molecule has 6 heteroatoms. The van der Waals surface area contributed by atoms with Crippen LogP contribution in [0.25, 0.3) is 10.9 Å². The molecular weight excluding hydrogens is 357 g/mol. The van der Waals surface area contributed by atoms with Gasteiger partial charge >= 0.3 is 0 Å². The molecule has 1 aromatic heterocycles. The summed E-state index contributed by atoms with van der Waals surface area (Å²) < 4.78 is 13.6. The molecule has 0 unspecified atom stereocenters. The monoisotopic (exact) mass is 381 g/mol. The zero-order valence-electron chi connectivity index (χ0n) is 16.4. The number of carbonyl (C=O) groups is 2. The van der Waals surface area contributed by atoms with Crippen molar-refractivity contribution in [3.05, 3.63) is 65.1 Å². The molecule has 28 heavy (non-hydrogen) atoms. The van der Waals surface area contributed by atoms with Gasteiger partial charge in [0, 0.05) is 33.4 Å². The van der Waals surface area contributed by atoms with E-state index < -0.39 is 0 Å². The van der Waals surface area contributed by atoms with Crippen molar-refractivity contribution in [3.63, 3.8) is 0 Å². The van der Waals surface area contributed by atoms with Gasteiger partial charge in [-0.15, -0.1) is 0 Å². The second-order valence-corrected chi connectivity index (χ2v) is 7.93. The Hall–Kier alpha value is -3.15. The molecule has 3 N–H and O–H groups in total. The molecule has 1 heterocycles. The molecule has 0 aliphatic heterocycles. The normalized spacial score (nSPS) is 11.5. The second-order valence-electron chi connectivity index (χ2n) is 7.93. The molecule has 0 aliphatic rings. The number of aryl methyl sites for hydroxylation is 1. The van der Waals surface area contributed by atoms with E-state index in [1.54, 1.807) is 30.3 Å². The Balaban J connectivity index is 1.76. The molecule has 5 nitrogen and oxygen atoms in total.